The maximum Gasteiger partial charge on any atom is 0.303 e. The molecule has 122 valence electrons. The van der Waals surface area contributed by atoms with Gasteiger partial charge in [-0.05, 0) is 37.0 Å². The van der Waals surface area contributed by atoms with Gasteiger partial charge in [-0.1, -0.05) is 39.5 Å². The van der Waals surface area contributed by atoms with Crippen LogP contribution in [0.25, 0.3) is 0 Å². The molecule has 1 atom stereocenters. The number of amides is 1. The molecule has 1 saturated carbocycles. The molecule has 0 bridgehead atoms. The van der Waals surface area contributed by atoms with E-state index >= 15 is 0 Å². The Balaban J connectivity index is 2.13. The van der Waals surface area contributed by atoms with E-state index in [2.05, 4.69) is 19.2 Å². The second kappa shape index (κ2) is 9.80. The number of aliphatic carboxylic acids is 1. The molecule has 2 N–H and O–H groups in total. The van der Waals surface area contributed by atoms with Gasteiger partial charge in [0.25, 0.3) is 0 Å². The maximum atomic E-state index is 11.8. The van der Waals surface area contributed by atoms with Crippen LogP contribution in [0.3, 0.4) is 0 Å². The highest BCUT2D eigenvalue weighted by Gasteiger charge is 2.17. The summed E-state index contributed by atoms with van der Waals surface area (Å²) in [5.41, 5.74) is 0. The zero-order chi connectivity index (χ0) is 15.7. The van der Waals surface area contributed by atoms with Gasteiger partial charge < -0.3 is 10.4 Å². The van der Waals surface area contributed by atoms with Crippen LogP contribution in [-0.4, -0.2) is 23.5 Å². The van der Waals surface area contributed by atoms with E-state index in [1.54, 1.807) is 0 Å². The standard InChI is InChI=1S/C17H31NO3/c1-13(2)15(8-10-17(20)21)11-12-18-16(19)9-7-14-5-3-4-6-14/h13-15H,3-12H2,1-2H3,(H,18,19)(H,20,21). The molecule has 0 radical (unpaired) electrons. The van der Waals surface area contributed by atoms with Crippen LogP contribution in [0.15, 0.2) is 0 Å². The summed E-state index contributed by atoms with van der Waals surface area (Å²) in [5.74, 6) is 1.01. The third-order valence-corrected chi connectivity index (χ3v) is 4.76. The maximum absolute atomic E-state index is 11.8. The molecule has 1 aliphatic rings. The predicted molar refractivity (Wildman–Crippen MR) is 84.0 cm³/mol. The lowest BCUT2D eigenvalue weighted by atomic mass is 9.88. The van der Waals surface area contributed by atoms with Crippen molar-refractivity contribution in [1.82, 2.24) is 5.32 Å². The summed E-state index contributed by atoms with van der Waals surface area (Å²) < 4.78 is 0. The number of carbonyl (C=O) groups is 2. The summed E-state index contributed by atoms with van der Waals surface area (Å²) in [6, 6.07) is 0. The van der Waals surface area contributed by atoms with Crippen molar-refractivity contribution in [3.8, 4) is 0 Å². The zero-order valence-corrected chi connectivity index (χ0v) is 13.6. The number of hydrogen-bond donors (Lipinski definition) is 2. The summed E-state index contributed by atoms with van der Waals surface area (Å²) in [4.78, 5) is 22.5. The van der Waals surface area contributed by atoms with Crippen molar-refractivity contribution < 1.29 is 14.7 Å². The van der Waals surface area contributed by atoms with Crippen LogP contribution in [0.5, 0.6) is 0 Å². The Labute approximate surface area is 128 Å². The van der Waals surface area contributed by atoms with Crippen LogP contribution in [0.2, 0.25) is 0 Å². The number of rotatable bonds is 10. The summed E-state index contributed by atoms with van der Waals surface area (Å²) in [6.07, 6.45) is 8.70. The van der Waals surface area contributed by atoms with Gasteiger partial charge in [-0.3, -0.25) is 9.59 Å². The van der Waals surface area contributed by atoms with E-state index in [9.17, 15) is 9.59 Å². The molecule has 4 heteroatoms. The number of carboxylic acid groups (broad SMARTS) is 1. The molecule has 0 heterocycles. The lowest BCUT2D eigenvalue weighted by Gasteiger charge is -2.20. The lowest BCUT2D eigenvalue weighted by Crippen LogP contribution is -2.27. The Morgan fingerprint density at radius 2 is 1.81 bits per heavy atom. The fourth-order valence-electron chi connectivity index (χ4n) is 3.24. The molecule has 1 amide bonds. The summed E-state index contributed by atoms with van der Waals surface area (Å²) in [5, 5.41) is 11.8. The predicted octanol–water partition coefficient (Wildman–Crippen LogP) is 3.60. The molecule has 0 aromatic rings. The first-order valence-corrected chi connectivity index (χ1v) is 8.47. The normalized spacial score (nSPS) is 17.1. The highest BCUT2D eigenvalue weighted by Crippen LogP contribution is 2.28. The van der Waals surface area contributed by atoms with Gasteiger partial charge >= 0.3 is 5.97 Å². The van der Waals surface area contributed by atoms with Gasteiger partial charge in [0.1, 0.15) is 0 Å². The van der Waals surface area contributed by atoms with Gasteiger partial charge in [0.2, 0.25) is 5.91 Å². The van der Waals surface area contributed by atoms with Gasteiger partial charge in [-0.2, -0.15) is 0 Å². The molecule has 4 nitrogen and oxygen atoms in total. The minimum Gasteiger partial charge on any atom is -0.481 e. The van der Waals surface area contributed by atoms with E-state index in [-0.39, 0.29) is 12.3 Å². The molecule has 21 heavy (non-hydrogen) atoms. The fourth-order valence-corrected chi connectivity index (χ4v) is 3.24. The Hall–Kier alpha value is -1.06. The average molecular weight is 297 g/mol. The first kappa shape index (κ1) is 18.0. The van der Waals surface area contributed by atoms with Crippen LogP contribution >= 0.6 is 0 Å². The van der Waals surface area contributed by atoms with Crippen LogP contribution < -0.4 is 5.32 Å². The van der Waals surface area contributed by atoms with Crippen molar-refractivity contribution in [2.75, 3.05) is 6.54 Å². The Kier molecular flexibility index (Phi) is 8.40. The largest absolute Gasteiger partial charge is 0.481 e. The highest BCUT2D eigenvalue weighted by molar-refractivity contribution is 5.75. The van der Waals surface area contributed by atoms with E-state index in [1.807, 2.05) is 0 Å². The van der Waals surface area contributed by atoms with Crippen molar-refractivity contribution in [2.24, 2.45) is 17.8 Å². The molecule has 1 aliphatic carbocycles. The molecular weight excluding hydrogens is 266 g/mol. The van der Waals surface area contributed by atoms with Crippen molar-refractivity contribution in [1.29, 1.82) is 0 Å². The fraction of sp³-hybridized carbons (Fsp3) is 0.882. The van der Waals surface area contributed by atoms with Crippen molar-refractivity contribution in [3.05, 3.63) is 0 Å². The van der Waals surface area contributed by atoms with Crippen LogP contribution in [0.4, 0.5) is 0 Å². The van der Waals surface area contributed by atoms with Crippen molar-refractivity contribution >= 4 is 11.9 Å². The third kappa shape index (κ3) is 8.08. The monoisotopic (exact) mass is 297 g/mol. The summed E-state index contributed by atoms with van der Waals surface area (Å²) in [7, 11) is 0. The Morgan fingerprint density at radius 3 is 2.38 bits per heavy atom. The number of carbonyl (C=O) groups excluding carboxylic acids is 1. The van der Waals surface area contributed by atoms with Gasteiger partial charge in [0.15, 0.2) is 0 Å². The molecule has 1 unspecified atom stereocenters. The van der Waals surface area contributed by atoms with Gasteiger partial charge in [0.05, 0.1) is 0 Å². The molecule has 0 spiro atoms. The van der Waals surface area contributed by atoms with Crippen LogP contribution in [0.1, 0.15) is 71.6 Å². The number of carboxylic acids is 1. The number of nitrogens with one attached hydrogen (secondary N) is 1. The first-order chi connectivity index (χ1) is 9.99. The smallest absolute Gasteiger partial charge is 0.303 e. The summed E-state index contributed by atoms with van der Waals surface area (Å²) >= 11 is 0. The van der Waals surface area contributed by atoms with Crippen molar-refractivity contribution in [3.63, 3.8) is 0 Å². The third-order valence-electron chi connectivity index (χ3n) is 4.76. The average Bonchev–Trinajstić information content (AvgIpc) is 2.92. The second-order valence-electron chi connectivity index (χ2n) is 6.76. The molecule has 1 rings (SSSR count). The molecule has 0 saturated heterocycles. The zero-order valence-electron chi connectivity index (χ0n) is 13.6. The van der Waals surface area contributed by atoms with Crippen LogP contribution in [-0.2, 0) is 9.59 Å². The number of hydrogen-bond acceptors (Lipinski definition) is 2. The van der Waals surface area contributed by atoms with E-state index in [0.717, 1.165) is 18.8 Å². The second-order valence-corrected chi connectivity index (χ2v) is 6.76. The minimum absolute atomic E-state index is 0.155. The van der Waals surface area contributed by atoms with Gasteiger partial charge in [0, 0.05) is 19.4 Å². The SMILES string of the molecule is CC(C)C(CCNC(=O)CCC1CCCC1)CCC(=O)O. The molecule has 1 fully saturated rings. The lowest BCUT2D eigenvalue weighted by molar-refractivity contribution is -0.137. The molecule has 0 aromatic heterocycles. The molecular formula is C17H31NO3. The Morgan fingerprint density at radius 1 is 1.14 bits per heavy atom. The van der Waals surface area contributed by atoms with E-state index < -0.39 is 5.97 Å². The first-order valence-electron chi connectivity index (χ1n) is 8.47. The van der Waals surface area contributed by atoms with E-state index in [0.29, 0.717) is 31.2 Å². The highest BCUT2D eigenvalue weighted by atomic mass is 16.4. The topological polar surface area (TPSA) is 66.4 Å². The quantitative estimate of drug-likeness (QED) is 0.647. The van der Waals surface area contributed by atoms with Gasteiger partial charge in [-0.25, -0.2) is 0 Å². The van der Waals surface area contributed by atoms with Crippen LogP contribution in [0, 0.1) is 17.8 Å². The summed E-state index contributed by atoms with van der Waals surface area (Å²) in [6.45, 7) is 4.91. The molecule has 0 aliphatic heterocycles. The van der Waals surface area contributed by atoms with Crippen molar-refractivity contribution in [2.45, 2.75) is 71.6 Å². The molecule has 0 aromatic carbocycles. The Bertz CT molecular complexity index is 322. The van der Waals surface area contributed by atoms with E-state index in [1.165, 1.54) is 25.7 Å². The van der Waals surface area contributed by atoms with Gasteiger partial charge in [-0.15, -0.1) is 0 Å². The van der Waals surface area contributed by atoms with E-state index in [4.69, 9.17) is 5.11 Å². The minimum atomic E-state index is -0.735.